The fourth-order valence-corrected chi connectivity index (χ4v) is 9.93. The van der Waals surface area contributed by atoms with Crippen molar-refractivity contribution in [3.63, 3.8) is 0 Å². The predicted molar refractivity (Wildman–Crippen MR) is 275 cm³/mol. The minimum Gasteiger partial charge on any atom is -0.382 e. The number of benzene rings is 2. The molecule has 20 heteroatoms. The molecule has 2 atom stereocenters. The third-order valence-electron chi connectivity index (χ3n) is 12.9. The quantitative estimate of drug-likeness (QED) is 0.0387. The van der Waals surface area contributed by atoms with Crippen molar-refractivity contribution in [2.75, 3.05) is 100 Å². The Kier molecular flexibility index (Phi) is 19.7. The predicted octanol–water partition coefficient (Wildman–Crippen LogP) is 7.74. The maximum absolute atomic E-state index is 13.5. The molecule has 0 bridgehead atoms. The number of thiazole rings is 1. The van der Waals surface area contributed by atoms with Gasteiger partial charge in [0.1, 0.15) is 28.4 Å². The lowest BCUT2D eigenvalue weighted by Crippen LogP contribution is -2.54. The van der Waals surface area contributed by atoms with Gasteiger partial charge < -0.3 is 35.1 Å². The number of amides is 5. The van der Waals surface area contributed by atoms with Gasteiger partial charge in [-0.05, 0) is 83.2 Å². The van der Waals surface area contributed by atoms with Crippen molar-refractivity contribution in [1.29, 1.82) is 0 Å². The molecule has 18 nitrogen and oxygen atoms in total. The van der Waals surface area contributed by atoms with Crippen LogP contribution in [0.1, 0.15) is 113 Å². The van der Waals surface area contributed by atoms with Crippen molar-refractivity contribution in [3.8, 4) is 0 Å². The fourth-order valence-electron chi connectivity index (χ4n) is 8.94. The van der Waals surface area contributed by atoms with E-state index in [0.717, 1.165) is 105 Å². The lowest BCUT2D eigenvalue weighted by atomic mass is 10.0. The molecule has 0 saturated carbocycles. The number of rotatable bonds is 27. The normalized spacial score (nSPS) is 16.7. The molecular formula is C51H67ClN10O8S. The standard InChI is InChI=1S/C51H67ClN10O8S/c1-34-14-12-17-38(52)46(34)58-47(64)41-33-53-51(71-41)57-42-32-43(56-36(3)55-42)61-24-22-60(23-25-61)21-9-5-6-10-26-68-28-30-70-31-29-69-27-11-7-8-15-35(2)54-39-18-13-16-37-45(39)50(67)62(48(37)65)40-19-20-44(63)59(4)49(40)66/h12-14,16-18,32-33,35,40,54H,5-11,15,19-31H2,1-4H3,(H,58,64)(H,53,55,56,57). The van der Waals surface area contributed by atoms with E-state index >= 15 is 0 Å². The minimum absolute atomic E-state index is 0.0554. The fraction of sp³-hybridized carbons (Fsp3) is 0.529. The number of piperidine rings is 1. The summed E-state index contributed by atoms with van der Waals surface area (Å²) in [6.45, 7) is 14.2. The number of hydrogen-bond acceptors (Lipinski definition) is 16. The molecule has 5 heterocycles. The summed E-state index contributed by atoms with van der Waals surface area (Å²) in [5.74, 6) is 0.0546. The summed E-state index contributed by atoms with van der Waals surface area (Å²) in [4.78, 5) is 85.4. The van der Waals surface area contributed by atoms with E-state index in [1.807, 2.05) is 39.0 Å². The van der Waals surface area contributed by atoms with Crippen LogP contribution in [-0.4, -0.2) is 151 Å². The number of nitrogens with zero attached hydrogens (tertiary/aromatic N) is 7. The number of unbranched alkanes of at least 4 members (excludes halogenated alkanes) is 5. The number of carbonyl (C=O) groups is 5. The summed E-state index contributed by atoms with van der Waals surface area (Å²) in [6.07, 6.45) is 10.0. The van der Waals surface area contributed by atoms with Crippen LogP contribution in [0.4, 0.5) is 28.1 Å². The van der Waals surface area contributed by atoms with E-state index in [1.165, 1.54) is 24.8 Å². The molecule has 3 N–H and O–H groups in total. The van der Waals surface area contributed by atoms with Crippen molar-refractivity contribution in [2.24, 2.45) is 0 Å². The third-order valence-corrected chi connectivity index (χ3v) is 14.1. The zero-order valence-electron chi connectivity index (χ0n) is 41.3. The van der Waals surface area contributed by atoms with Crippen molar-refractivity contribution < 1.29 is 38.2 Å². The number of nitrogens with one attached hydrogen (secondary N) is 3. The molecular weight excluding hydrogens is 948 g/mol. The molecule has 0 aliphatic carbocycles. The molecule has 7 rings (SSSR count). The molecule has 2 saturated heterocycles. The lowest BCUT2D eigenvalue weighted by molar-refractivity contribution is -0.149. The van der Waals surface area contributed by atoms with Crippen LogP contribution in [0.25, 0.3) is 0 Å². The SMILES string of the molecule is Cc1nc(Nc2ncc(C(=O)Nc3c(C)cccc3Cl)s2)cc(N2CCN(CCCCCCOCCOCCOCCCCCC(C)Nc3cccc4c3C(=O)N(C3CCC(=O)N(C)C3=O)C4=O)CC2)n1. The number of fused-ring (bicyclic) bond motifs is 1. The van der Waals surface area contributed by atoms with Crippen LogP contribution in [0.2, 0.25) is 5.02 Å². The van der Waals surface area contributed by atoms with Gasteiger partial charge in [-0.1, -0.05) is 66.8 Å². The molecule has 382 valence electrons. The molecule has 2 unspecified atom stereocenters. The van der Waals surface area contributed by atoms with Crippen LogP contribution < -0.4 is 20.9 Å². The average Bonchev–Trinajstić information content (AvgIpc) is 3.93. The van der Waals surface area contributed by atoms with Gasteiger partial charge in [0, 0.05) is 70.7 Å². The Morgan fingerprint density at radius 1 is 0.845 bits per heavy atom. The lowest BCUT2D eigenvalue weighted by Gasteiger charge is -2.35. The number of likely N-dealkylation sites (tertiary alicyclic amines) is 1. The molecule has 0 radical (unpaired) electrons. The van der Waals surface area contributed by atoms with Gasteiger partial charge in [0.25, 0.3) is 23.6 Å². The largest absolute Gasteiger partial charge is 0.382 e. The minimum atomic E-state index is -0.975. The van der Waals surface area contributed by atoms with E-state index in [1.54, 1.807) is 30.5 Å². The number of halogens is 1. The highest BCUT2D eigenvalue weighted by molar-refractivity contribution is 7.17. The Morgan fingerprint density at radius 3 is 2.27 bits per heavy atom. The second-order valence-electron chi connectivity index (χ2n) is 18.2. The number of imide groups is 2. The molecule has 2 fully saturated rings. The molecule has 2 aromatic carbocycles. The van der Waals surface area contributed by atoms with E-state index in [9.17, 15) is 24.0 Å². The van der Waals surface area contributed by atoms with Gasteiger partial charge in [-0.25, -0.2) is 15.0 Å². The van der Waals surface area contributed by atoms with Crippen molar-refractivity contribution >= 4 is 80.6 Å². The van der Waals surface area contributed by atoms with Crippen LogP contribution in [0, 0.1) is 13.8 Å². The summed E-state index contributed by atoms with van der Waals surface area (Å²) in [5, 5.41) is 10.6. The van der Waals surface area contributed by atoms with Gasteiger partial charge in [0.2, 0.25) is 5.91 Å². The highest BCUT2D eigenvalue weighted by Crippen LogP contribution is 2.34. The topological polar surface area (TPSA) is 201 Å². The van der Waals surface area contributed by atoms with Gasteiger partial charge in [0.05, 0.1) is 54.5 Å². The third kappa shape index (κ3) is 14.5. The van der Waals surface area contributed by atoms with Gasteiger partial charge in [-0.15, -0.1) is 0 Å². The Bertz CT molecular complexity index is 2460. The first-order valence-corrected chi connectivity index (χ1v) is 26.0. The van der Waals surface area contributed by atoms with Gasteiger partial charge in [-0.2, -0.15) is 0 Å². The molecule has 71 heavy (non-hydrogen) atoms. The number of para-hydroxylation sites is 1. The number of hydrogen-bond donors (Lipinski definition) is 3. The van der Waals surface area contributed by atoms with E-state index < -0.39 is 23.8 Å². The number of piperazine rings is 1. The number of likely N-dealkylation sites (N-methyl/N-ethyl adjacent to an activating group) is 1. The maximum atomic E-state index is 13.5. The smallest absolute Gasteiger partial charge is 0.267 e. The van der Waals surface area contributed by atoms with Crippen LogP contribution in [-0.2, 0) is 23.8 Å². The van der Waals surface area contributed by atoms with E-state index in [-0.39, 0.29) is 41.8 Å². The Hall–Kier alpha value is -5.57. The number of ether oxygens (including phenoxy) is 3. The van der Waals surface area contributed by atoms with Crippen LogP contribution in [0.3, 0.4) is 0 Å². The maximum Gasteiger partial charge on any atom is 0.267 e. The number of aromatic nitrogens is 3. The summed E-state index contributed by atoms with van der Waals surface area (Å²) in [6, 6.07) is 11.6. The first kappa shape index (κ1) is 53.2. The van der Waals surface area contributed by atoms with Crippen molar-refractivity contribution in [1.82, 2.24) is 29.7 Å². The van der Waals surface area contributed by atoms with Gasteiger partial charge in [-0.3, -0.25) is 38.7 Å². The highest BCUT2D eigenvalue weighted by atomic mass is 35.5. The Balaban J connectivity index is 0.660. The van der Waals surface area contributed by atoms with Crippen LogP contribution in [0.15, 0.2) is 48.7 Å². The zero-order chi connectivity index (χ0) is 50.3. The van der Waals surface area contributed by atoms with Gasteiger partial charge >= 0.3 is 0 Å². The van der Waals surface area contributed by atoms with E-state index in [2.05, 4.69) is 35.7 Å². The number of carbonyl (C=O) groups excluding carboxylic acids is 5. The summed E-state index contributed by atoms with van der Waals surface area (Å²) >= 11 is 7.55. The first-order valence-electron chi connectivity index (χ1n) is 24.8. The van der Waals surface area contributed by atoms with Crippen LogP contribution >= 0.6 is 22.9 Å². The molecule has 4 aromatic rings. The number of anilines is 5. The molecule has 3 aliphatic heterocycles. The summed E-state index contributed by atoms with van der Waals surface area (Å²) in [5.41, 5.74) is 2.61. The zero-order valence-corrected chi connectivity index (χ0v) is 42.9. The summed E-state index contributed by atoms with van der Waals surface area (Å²) < 4.78 is 17.2. The molecule has 3 aliphatic rings. The van der Waals surface area contributed by atoms with E-state index in [0.29, 0.717) is 71.1 Å². The second kappa shape index (κ2) is 26.2. The Labute approximate surface area is 425 Å². The second-order valence-corrected chi connectivity index (χ2v) is 19.7. The monoisotopic (exact) mass is 1010 g/mol. The van der Waals surface area contributed by atoms with E-state index in [4.69, 9.17) is 30.8 Å². The molecule has 2 aromatic heterocycles. The Morgan fingerprint density at radius 2 is 1.54 bits per heavy atom. The number of aryl methyl sites for hydroxylation is 2. The van der Waals surface area contributed by atoms with Crippen LogP contribution in [0.5, 0.6) is 0 Å². The van der Waals surface area contributed by atoms with Crippen molar-refractivity contribution in [3.05, 3.63) is 81.1 Å². The van der Waals surface area contributed by atoms with Crippen molar-refractivity contribution in [2.45, 2.75) is 97.1 Å². The average molecular weight is 1020 g/mol. The molecule has 0 spiro atoms. The first-order chi connectivity index (χ1) is 34.4. The van der Waals surface area contributed by atoms with Gasteiger partial charge in [0.15, 0.2) is 5.13 Å². The highest BCUT2D eigenvalue weighted by Gasteiger charge is 2.47. The molecule has 5 amide bonds. The summed E-state index contributed by atoms with van der Waals surface area (Å²) in [7, 11) is 1.39.